The van der Waals surface area contributed by atoms with E-state index in [1.54, 1.807) is 0 Å². The summed E-state index contributed by atoms with van der Waals surface area (Å²) in [6.45, 7) is 0. The maximum absolute atomic E-state index is 2.53. The summed E-state index contributed by atoms with van der Waals surface area (Å²) in [6, 6.07) is 93.3. The van der Waals surface area contributed by atoms with Crippen molar-refractivity contribution in [2.75, 3.05) is 4.90 Å². The average molecular weight is 892 g/mol. The van der Waals surface area contributed by atoms with Gasteiger partial charge in [-0.3, -0.25) is 0 Å². The van der Waals surface area contributed by atoms with E-state index < -0.39 is 5.41 Å². The van der Waals surface area contributed by atoms with Crippen LogP contribution in [0, 0.1) is 0 Å². The molecule has 0 radical (unpaired) electrons. The Labute approximate surface area is 405 Å². The molecule has 0 bridgehead atoms. The Bertz CT molecular complexity index is 4040. The minimum atomic E-state index is -0.463. The zero-order valence-electron chi connectivity index (χ0n) is 37.5. The zero-order chi connectivity index (χ0) is 45.2. The first-order valence-electron chi connectivity index (χ1n) is 23.9. The van der Waals surface area contributed by atoms with Gasteiger partial charge in [0.15, 0.2) is 0 Å². The number of hydrogen-bond acceptors (Lipinski definition) is 2. The Morgan fingerprint density at radius 3 is 1.35 bits per heavy atom. The summed E-state index contributed by atoms with van der Waals surface area (Å²) in [6.07, 6.45) is 0. The van der Waals surface area contributed by atoms with Crippen LogP contribution in [0.15, 0.2) is 249 Å². The van der Waals surface area contributed by atoms with Crippen molar-refractivity contribution in [2.24, 2.45) is 0 Å². The second-order valence-corrected chi connectivity index (χ2v) is 19.7. The van der Waals surface area contributed by atoms with Crippen molar-refractivity contribution in [3.63, 3.8) is 0 Å². The topological polar surface area (TPSA) is 3.24 Å². The standard InChI is InChI=1S/C67H41NS/c1-2-18-47-46(17-1)48-19-3-4-21-50(48)52-40-39-44(41-58(52)51-22-6-5-20-49(47)51)68(43-37-35-42(36-38-43)45-27-15-28-56-55-25-10-14-34-64(55)69-66(45)56)63-33-16-32-62-65(63)57-26-9-13-31-61(57)67(62)59-29-11-7-23-53(59)54-24-8-12-30-60(54)67/h1-41H. The number of fused-ring (bicyclic) bond motifs is 21. The normalized spacial score (nSPS) is 13.0. The molecule has 15 rings (SSSR count). The molecule has 3 aliphatic carbocycles. The molecule has 1 spiro atoms. The van der Waals surface area contributed by atoms with Gasteiger partial charge in [-0.15, -0.1) is 11.3 Å². The van der Waals surface area contributed by atoms with E-state index in [1.165, 1.54) is 120 Å². The highest BCUT2D eigenvalue weighted by Gasteiger charge is 2.52. The molecule has 0 aliphatic heterocycles. The number of benzene rings is 11. The van der Waals surface area contributed by atoms with E-state index in [0.717, 1.165) is 17.1 Å². The lowest BCUT2D eigenvalue weighted by Crippen LogP contribution is -2.26. The van der Waals surface area contributed by atoms with Crippen molar-refractivity contribution in [1.29, 1.82) is 0 Å². The van der Waals surface area contributed by atoms with E-state index in [9.17, 15) is 0 Å². The molecule has 11 aromatic carbocycles. The van der Waals surface area contributed by atoms with Crippen LogP contribution < -0.4 is 4.90 Å². The van der Waals surface area contributed by atoms with Gasteiger partial charge < -0.3 is 4.90 Å². The first kappa shape index (κ1) is 38.5. The van der Waals surface area contributed by atoms with E-state index in [0.29, 0.717) is 0 Å². The van der Waals surface area contributed by atoms with Gasteiger partial charge in [-0.2, -0.15) is 0 Å². The average Bonchev–Trinajstić information content (AvgIpc) is 4.06. The molecule has 1 heterocycles. The van der Waals surface area contributed by atoms with E-state index in [1.807, 2.05) is 11.3 Å². The molecule has 0 atom stereocenters. The first-order chi connectivity index (χ1) is 34.3. The molecular formula is C67H41NS. The SMILES string of the molecule is c1ccc2c(c1)-c1ccccc1-c1ccc(N(c3ccc(-c4cccc5c4sc4ccccc45)cc3)c3cccc4c3-c3ccccc3C43c4ccccc4-c4ccccc43)cc1-c1ccccc1-2. The van der Waals surface area contributed by atoms with Crippen LogP contribution in [0.3, 0.4) is 0 Å². The lowest BCUT2D eigenvalue weighted by molar-refractivity contribution is 0.794. The van der Waals surface area contributed by atoms with E-state index >= 15 is 0 Å². The quantitative estimate of drug-likeness (QED) is 0.170. The highest BCUT2D eigenvalue weighted by molar-refractivity contribution is 7.26. The first-order valence-corrected chi connectivity index (χ1v) is 24.7. The van der Waals surface area contributed by atoms with Crippen molar-refractivity contribution in [3.8, 4) is 77.9 Å². The second kappa shape index (κ2) is 14.7. The molecule has 0 unspecified atom stereocenters. The molecule has 0 N–H and O–H groups in total. The minimum absolute atomic E-state index is 0.463. The van der Waals surface area contributed by atoms with Crippen molar-refractivity contribution in [2.45, 2.75) is 5.41 Å². The largest absolute Gasteiger partial charge is 0.310 e. The molecule has 0 saturated heterocycles. The molecule has 0 saturated carbocycles. The molecule has 1 nitrogen and oxygen atoms in total. The molecule has 0 amide bonds. The van der Waals surface area contributed by atoms with E-state index in [-0.39, 0.29) is 0 Å². The summed E-state index contributed by atoms with van der Waals surface area (Å²) in [4.78, 5) is 2.53. The molecule has 320 valence electrons. The van der Waals surface area contributed by atoms with Gasteiger partial charge >= 0.3 is 0 Å². The van der Waals surface area contributed by atoms with Gasteiger partial charge in [0.25, 0.3) is 0 Å². The predicted octanol–water partition coefficient (Wildman–Crippen LogP) is 18.5. The summed E-state index contributed by atoms with van der Waals surface area (Å²) in [5.74, 6) is 0. The number of rotatable bonds is 4. The smallest absolute Gasteiger partial charge is 0.0726 e. The fourth-order valence-corrected chi connectivity index (χ4v) is 13.7. The van der Waals surface area contributed by atoms with E-state index in [2.05, 4.69) is 254 Å². The third-order valence-corrected chi connectivity index (χ3v) is 16.5. The van der Waals surface area contributed by atoms with Crippen LogP contribution in [0.25, 0.3) is 98.1 Å². The Balaban J connectivity index is 0.995. The summed E-state index contributed by atoms with van der Waals surface area (Å²) >= 11 is 1.88. The van der Waals surface area contributed by atoms with Crippen LogP contribution in [0.4, 0.5) is 17.1 Å². The Morgan fingerprint density at radius 2 is 0.725 bits per heavy atom. The molecular weight excluding hydrogens is 851 g/mol. The van der Waals surface area contributed by atoms with Crippen LogP contribution in [0.2, 0.25) is 0 Å². The Kier molecular flexibility index (Phi) is 8.22. The Morgan fingerprint density at radius 1 is 0.290 bits per heavy atom. The van der Waals surface area contributed by atoms with Gasteiger partial charge in [0.1, 0.15) is 0 Å². The fraction of sp³-hybridized carbons (Fsp3) is 0.0149. The van der Waals surface area contributed by atoms with Crippen LogP contribution in [0.5, 0.6) is 0 Å². The maximum Gasteiger partial charge on any atom is 0.0726 e. The van der Waals surface area contributed by atoms with Gasteiger partial charge in [0.2, 0.25) is 0 Å². The number of hydrogen-bond donors (Lipinski definition) is 0. The number of anilines is 3. The second-order valence-electron chi connectivity index (χ2n) is 18.6. The van der Waals surface area contributed by atoms with Gasteiger partial charge in [-0.1, -0.05) is 212 Å². The summed E-state index contributed by atoms with van der Waals surface area (Å²) in [5.41, 5.74) is 25.8. The summed E-state index contributed by atoms with van der Waals surface area (Å²) in [7, 11) is 0. The lowest BCUT2D eigenvalue weighted by Gasteiger charge is -2.32. The third kappa shape index (κ3) is 5.35. The van der Waals surface area contributed by atoms with E-state index in [4.69, 9.17) is 0 Å². The lowest BCUT2D eigenvalue weighted by atomic mass is 9.70. The number of nitrogens with zero attached hydrogens (tertiary/aromatic N) is 1. The van der Waals surface area contributed by atoms with Crippen molar-refractivity contribution in [3.05, 3.63) is 271 Å². The van der Waals surface area contributed by atoms with Gasteiger partial charge in [0.05, 0.1) is 11.1 Å². The Hall–Kier alpha value is -8.56. The predicted molar refractivity (Wildman–Crippen MR) is 291 cm³/mol. The summed E-state index contributed by atoms with van der Waals surface area (Å²) < 4.78 is 2.64. The molecule has 2 heteroatoms. The molecule has 1 aromatic heterocycles. The van der Waals surface area contributed by atoms with Crippen LogP contribution in [-0.4, -0.2) is 0 Å². The molecule has 3 aliphatic rings. The highest BCUT2D eigenvalue weighted by atomic mass is 32.1. The summed E-state index contributed by atoms with van der Waals surface area (Å²) in [5, 5.41) is 2.63. The van der Waals surface area contributed by atoms with Crippen LogP contribution >= 0.6 is 11.3 Å². The van der Waals surface area contributed by atoms with Crippen molar-refractivity contribution >= 4 is 48.6 Å². The number of thiophene rings is 1. The zero-order valence-corrected chi connectivity index (χ0v) is 38.3. The van der Waals surface area contributed by atoms with Crippen LogP contribution in [0.1, 0.15) is 22.3 Å². The third-order valence-electron chi connectivity index (χ3n) is 15.3. The van der Waals surface area contributed by atoms with Crippen molar-refractivity contribution in [1.82, 2.24) is 0 Å². The minimum Gasteiger partial charge on any atom is -0.310 e. The molecule has 0 fully saturated rings. The molecule has 12 aromatic rings. The van der Waals surface area contributed by atoms with Crippen LogP contribution in [-0.2, 0) is 5.41 Å². The van der Waals surface area contributed by atoms with Gasteiger partial charge in [0, 0.05) is 37.1 Å². The fourth-order valence-electron chi connectivity index (χ4n) is 12.5. The van der Waals surface area contributed by atoms with Gasteiger partial charge in [-0.05, 0) is 131 Å². The van der Waals surface area contributed by atoms with Gasteiger partial charge in [-0.25, -0.2) is 0 Å². The molecule has 69 heavy (non-hydrogen) atoms. The monoisotopic (exact) mass is 891 g/mol. The highest BCUT2D eigenvalue weighted by Crippen LogP contribution is 2.65. The van der Waals surface area contributed by atoms with Crippen molar-refractivity contribution < 1.29 is 0 Å². The maximum atomic E-state index is 2.53.